The van der Waals surface area contributed by atoms with Gasteiger partial charge in [-0.15, -0.1) is 0 Å². The first-order valence-electron chi connectivity index (χ1n) is 10.1. The average Bonchev–Trinajstić information content (AvgIpc) is 3.20. The number of fused-ring (bicyclic) bond motifs is 1. The van der Waals surface area contributed by atoms with E-state index in [1.807, 2.05) is 36.4 Å². The highest BCUT2D eigenvalue weighted by molar-refractivity contribution is 5.77. The molecule has 0 unspecified atom stereocenters. The zero-order valence-corrected chi connectivity index (χ0v) is 16.3. The van der Waals surface area contributed by atoms with E-state index in [1.54, 1.807) is 0 Å². The Balaban J connectivity index is 1.32. The van der Waals surface area contributed by atoms with Crippen molar-refractivity contribution in [2.24, 2.45) is 0 Å². The van der Waals surface area contributed by atoms with Crippen LogP contribution in [0, 0.1) is 0 Å². The van der Waals surface area contributed by atoms with Crippen molar-refractivity contribution in [2.45, 2.75) is 25.2 Å². The van der Waals surface area contributed by atoms with Crippen LogP contribution in [0.5, 0.6) is 0 Å². The normalized spacial score (nSPS) is 11.1. The molecule has 4 rings (SSSR count). The number of para-hydroxylation sites is 2. The molecule has 29 heavy (non-hydrogen) atoms. The van der Waals surface area contributed by atoms with Crippen LogP contribution in [-0.4, -0.2) is 22.4 Å². The number of hydrogen-bond donors (Lipinski definition) is 2. The SMILES string of the molecule is O=C(CCc1nc2ccccc2[nH]1)NCCC(c1ccccc1)c1ccccc1. The van der Waals surface area contributed by atoms with Crippen LogP contribution in [0.15, 0.2) is 84.9 Å². The van der Waals surface area contributed by atoms with Gasteiger partial charge in [0.15, 0.2) is 0 Å². The van der Waals surface area contributed by atoms with Gasteiger partial charge < -0.3 is 10.3 Å². The monoisotopic (exact) mass is 383 g/mol. The maximum atomic E-state index is 12.3. The highest BCUT2D eigenvalue weighted by Crippen LogP contribution is 2.27. The van der Waals surface area contributed by atoms with Gasteiger partial charge in [0.1, 0.15) is 5.82 Å². The molecule has 2 N–H and O–H groups in total. The van der Waals surface area contributed by atoms with Crippen LogP contribution in [0.1, 0.15) is 35.7 Å². The number of aromatic nitrogens is 2. The van der Waals surface area contributed by atoms with Gasteiger partial charge in [-0.3, -0.25) is 4.79 Å². The van der Waals surface area contributed by atoms with Crippen molar-refractivity contribution in [1.82, 2.24) is 15.3 Å². The fourth-order valence-electron chi connectivity index (χ4n) is 3.70. The summed E-state index contributed by atoms with van der Waals surface area (Å²) in [6.45, 7) is 0.646. The molecule has 3 aromatic carbocycles. The zero-order valence-electron chi connectivity index (χ0n) is 16.3. The molecule has 4 heteroatoms. The second-order valence-electron chi connectivity index (χ2n) is 7.21. The van der Waals surface area contributed by atoms with E-state index in [0.717, 1.165) is 23.3 Å². The summed E-state index contributed by atoms with van der Waals surface area (Å²) in [4.78, 5) is 20.1. The molecule has 0 saturated heterocycles. The summed E-state index contributed by atoms with van der Waals surface area (Å²) < 4.78 is 0. The number of imidazole rings is 1. The molecule has 1 aromatic heterocycles. The first-order chi connectivity index (χ1) is 14.3. The van der Waals surface area contributed by atoms with E-state index in [4.69, 9.17) is 0 Å². The number of amides is 1. The number of carbonyl (C=O) groups excluding carboxylic acids is 1. The van der Waals surface area contributed by atoms with Crippen LogP contribution >= 0.6 is 0 Å². The predicted molar refractivity (Wildman–Crippen MR) is 117 cm³/mol. The molecule has 1 heterocycles. The maximum absolute atomic E-state index is 12.3. The average molecular weight is 383 g/mol. The Bertz CT molecular complexity index is 985. The van der Waals surface area contributed by atoms with E-state index in [1.165, 1.54) is 11.1 Å². The van der Waals surface area contributed by atoms with Crippen LogP contribution in [-0.2, 0) is 11.2 Å². The van der Waals surface area contributed by atoms with Crippen LogP contribution in [0.25, 0.3) is 11.0 Å². The predicted octanol–water partition coefficient (Wildman–Crippen LogP) is 4.83. The minimum Gasteiger partial charge on any atom is -0.356 e. The van der Waals surface area contributed by atoms with Gasteiger partial charge in [-0.05, 0) is 29.7 Å². The summed E-state index contributed by atoms with van der Waals surface area (Å²) in [5, 5.41) is 3.08. The summed E-state index contributed by atoms with van der Waals surface area (Å²) in [7, 11) is 0. The molecule has 0 bridgehead atoms. The van der Waals surface area contributed by atoms with Crippen LogP contribution < -0.4 is 5.32 Å². The van der Waals surface area contributed by atoms with Crippen LogP contribution in [0.2, 0.25) is 0 Å². The van der Waals surface area contributed by atoms with Gasteiger partial charge in [-0.2, -0.15) is 0 Å². The van der Waals surface area contributed by atoms with Gasteiger partial charge in [0, 0.05) is 25.3 Å². The van der Waals surface area contributed by atoms with Crippen molar-refractivity contribution in [3.63, 3.8) is 0 Å². The second-order valence-corrected chi connectivity index (χ2v) is 7.21. The number of H-pyrrole nitrogens is 1. The van der Waals surface area contributed by atoms with Gasteiger partial charge in [0.25, 0.3) is 0 Å². The van der Waals surface area contributed by atoms with E-state index >= 15 is 0 Å². The van der Waals surface area contributed by atoms with Crippen molar-refractivity contribution in [1.29, 1.82) is 0 Å². The van der Waals surface area contributed by atoms with E-state index < -0.39 is 0 Å². The summed E-state index contributed by atoms with van der Waals surface area (Å²) in [5.41, 5.74) is 4.50. The number of rotatable bonds is 8. The molecule has 0 radical (unpaired) electrons. The minimum atomic E-state index is 0.0605. The lowest BCUT2D eigenvalue weighted by Crippen LogP contribution is -2.26. The van der Waals surface area contributed by atoms with Crippen molar-refractivity contribution in [3.05, 3.63) is 102 Å². The molecule has 4 nitrogen and oxygen atoms in total. The molecule has 0 aliphatic rings. The van der Waals surface area contributed by atoms with Gasteiger partial charge in [-0.25, -0.2) is 4.98 Å². The number of aryl methyl sites for hydroxylation is 1. The van der Waals surface area contributed by atoms with Crippen molar-refractivity contribution in [3.8, 4) is 0 Å². The standard InChI is InChI=1S/C25H25N3O/c29-25(16-15-24-27-22-13-7-8-14-23(22)28-24)26-18-17-21(19-9-3-1-4-10-19)20-11-5-2-6-12-20/h1-14,21H,15-18H2,(H,26,29)(H,27,28). The number of carbonyl (C=O) groups is 1. The van der Waals surface area contributed by atoms with Gasteiger partial charge in [-0.1, -0.05) is 72.8 Å². The van der Waals surface area contributed by atoms with Gasteiger partial charge in [0.2, 0.25) is 5.91 Å². The van der Waals surface area contributed by atoms with Crippen LogP contribution in [0.4, 0.5) is 0 Å². The Hall–Kier alpha value is -3.40. The van der Waals surface area contributed by atoms with Crippen LogP contribution in [0.3, 0.4) is 0 Å². The summed E-state index contributed by atoms with van der Waals surface area (Å²) in [5.74, 6) is 1.19. The number of nitrogens with zero attached hydrogens (tertiary/aromatic N) is 1. The quantitative estimate of drug-likeness (QED) is 0.458. The minimum absolute atomic E-state index is 0.0605. The highest BCUT2D eigenvalue weighted by Gasteiger charge is 2.14. The molecule has 0 aliphatic carbocycles. The number of benzene rings is 3. The van der Waals surface area contributed by atoms with Crippen molar-refractivity contribution < 1.29 is 4.79 Å². The Kier molecular flexibility index (Phi) is 6.01. The van der Waals surface area contributed by atoms with E-state index in [-0.39, 0.29) is 11.8 Å². The molecule has 0 aliphatic heterocycles. The highest BCUT2D eigenvalue weighted by atomic mass is 16.1. The first-order valence-corrected chi connectivity index (χ1v) is 10.1. The number of aromatic amines is 1. The molecule has 0 fully saturated rings. The topological polar surface area (TPSA) is 57.8 Å². The summed E-state index contributed by atoms with van der Waals surface area (Å²) in [6, 6.07) is 28.9. The van der Waals surface area contributed by atoms with E-state index in [9.17, 15) is 4.79 Å². The maximum Gasteiger partial charge on any atom is 0.220 e. The molecule has 0 saturated carbocycles. The summed E-state index contributed by atoms with van der Waals surface area (Å²) in [6.07, 6.45) is 1.91. The molecular weight excluding hydrogens is 358 g/mol. The lowest BCUT2D eigenvalue weighted by Gasteiger charge is -2.18. The third-order valence-electron chi connectivity index (χ3n) is 5.19. The molecule has 1 amide bonds. The van der Waals surface area contributed by atoms with Gasteiger partial charge in [0.05, 0.1) is 11.0 Å². The zero-order chi connectivity index (χ0) is 19.9. The smallest absolute Gasteiger partial charge is 0.220 e. The number of nitrogens with one attached hydrogen (secondary N) is 2. The van der Waals surface area contributed by atoms with Gasteiger partial charge >= 0.3 is 0 Å². The largest absolute Gasteiger partial charge is 0.356 e. The Labute approximate surface area is 171 Å². The fourth-order valence-corrected chi connectivity index (χ4v) is 3.70. The van der Waals surface area contributed by atoms with Crippen molar-refractivity contribution in [2.75, 3.05) is 6.54 Å². The second kappa shape index (κ2) is 9.20. The fraction of sp³-hybridized carbons (Fsp3) is 0.200. The molecule has 146 valence electrons. The first kappa shape index (κ1) is 18.9. The Morgan fingerprint density at radius 3 is 2.14 bits per heavy atom. The third kappa shape index (κ3) is 4.91. The van der Waals surface area contributed by atoms with Crippen molar-refractivity contribution >= 4 is 16.9 Å². The lowest BCUT2D eigenvalue weighted by atomic mass is 9.88. The third-order valence-corrected chi connectivity index (χ3v) is 5.19. The lowest BCUT2D eigenvalue weighted by molar-refractivity contribution is -0.121. The molecule has 0 spiro atoms. The Morgan fingerprint density at radius 1 is 0.862 bits per heavy atom. The Morgan fingerprint density at radius 2 is 1.48 bits per heavy atom. The molecular formula is C25H25N3O. The van der Waals surface area contributed by atoms with E-state index in [2.05, 4.69) is 63.8 Å². The number of hydrogen-bond acceptors (Lipinski definition) is 2. The van der Waals surface area contributed by atoms with E-state index in [0.29, 0.717) is 19.4 Å². The molecule has 4 aromatic rings. The summed E-state index contributed by atoms with van der Waals surface area (Å²) >= 11 is 0. The molecule has 0 atom stereocenters.